The lowest BCUT2D eigenvalue weighted by atomic mass is 9.77. The number of hydrogen-bond donors (Lipinski definition) is 6. The van der Waals surface area contributed by atoms with E-state index in [0.717, 1.165) is 17.7 Å². The number of imidazole rings is 1. The first-order valence-electron chi connectivity index (χ1n) is 34.6. The van der Waals surface area contributed by atoms with Crippen molar-refractivity contribution in [3.05, 3.63) is 122 Å². The first-order valence-corrected chi connectivity index (χ1v) is 38.7. The summed E-state index contributed by atoms with van der Waals surface area (Å²) in [5.74, 6) is -1.39. The SMILES string of the molecule is CN1C(=O)CC(SCCCCCCOP(=O)(O)OC[C@H]2O[C@@H](n3ccc(N)nc3=O)C[C@H]2OCCO[C@@H]2C[C@@H](n3cnc4c(=O)[nH]c(N)nc43)O[C@H]2COP(=O)(O)OCCCCCCNC(=O)c2ccc3c(c2)C2(OC3=O)c3ccc(OC(=O)C(C)(C)C)cc3Oc3cc(OC(=O)C(C)(C)C)ccc32)C1=O. The molecule has 572 valence electrons. The summed E-state index contributed by atoms with van der Waals surface area (Å²) in [4.78, 5) is 141. The molecule has 8 heterocycles. The molecule has 5 aliphatic rings. The summed E-state index contributed by atoms with van der Waals surface area (Å²) in [6, 6.07) is 15.4. The highest BCUT2D eigenvalue weighted by Crippen LogP contribution is 2.58. The zero-order valence-electron chi connectivity index (χ0n) is 59.4. The summed E-state index contributed by atoms with van der Waals surface area (Å²) in [6.45, 7) is 8.95. The van der Waals surface area contributed by atoms with Gasteiger partial charge in [-0.1, -0.05) is 25.7 Å². The number of imide groups is 1. The van der Waals surface area contributed by atoms with Gasteiger partial charge in [-0.05, 0) is 122 Å². The van der Waals surface area contributed by atoms with Crippen molar-refractivity contribution >= 4 is 86.0 Å². The number of rotatable bonds is 33. The molecule has 3 aromatic carbocycles. The van der Waals surface area contributed by atoms with Crippen molar-refractivity contribution in [3.63, 3.8) is 0 Å². The van der Waals surface area contributed by atoms with Gasteiger partial charge in [-0.2, -0.15) is 9.97 Å². The highest BCUT2D eigenvalue weighted by molar-refractivity contribution is 8.00. The standard InChI is InChI=1S/C69H86N10O24P2S/c1-67(2,3)63(85)98-40-17-20-43-46(31-40)100-47-32-41(99-64(86)68(4,5)6)18-21-44(47)69(43)45-30-39(16-19-42(45)62(84)103-69)59(81)72-23-12-8-9-13-25-94-104(88,89)97-37-51-49(34-56(102-51)79-38-73-57-58(79)75-65(71)76-60(57)82)93-28-27-92-48-33-55(78-24-22-53(70)74-66(78)87)101-50(48)36-96-105(90,91)95-26-14-10-11-15-29-106-52-35-54(80)77(7)61(52)83/h16-22,24,30-32,38,48-52,55-56H,8-15,23,25-29,33-37H2,1-7H3,(H,72,81)(H,88,89)(H,90,91)(H2,70,74,87)(H3,71,75,76,82)/t48-,49-,50-,51+,52?,55-,56+/m1/s1. The van der Waals surface area contributed by atoms with Crippen molar-refractivity contribution in [2.45, 2.75) is 160 Å². The number of hydrogen-bond acceptors (Lipinski definition) is 28. The summed E-state index contributed by atoms with van der Waals surface area (Å²) in [5.41, 5.74) is 8.53. The lowest BCUT2D eigenvalue weighted by molar-refractivity contribution is -0.143. The number of aromatic amines is 1. The molecule has 0 bridgehead atoms. The van der Waals surface area contributed by atoms with Gasteiger partial charge in [0.05, 0.1) is 79.8 Å². The van der Waals surface area contributed by atoms with Crippen LogP contribution >= 0.6 is 27.4 Å². The molecule has 3 aromatic heterocycles. The van der Waals surface area contributed by atoms with Crippen molar-refractivity contribution in [3.8, 4) is 23.0 Å². The summed E-state index contributed by atoms with van der Waals surface area (Å²) in [5, 5.41) is 2.54. The molecular weight excluding hydrogens is 1450 g/mol. The second kappa shape index (κ2) is 33.1. The second-order valence-corrected chi connectivity index (χ2v) is 32.2. The lowest BCUT2D eigenvalue weighted by Crippen LogP contribution is -2.33. The maximum atomic E-state index is 13.9. The van der Waals surface area contributed by atoms with Gasteiger partial charge in [0.2, 0.25) is 17.8 Å². The van der Waals surface area contributed by atoms with E-state index in [1.54, 1.807) is 71.9 Å². The number of phosphoric ester groups is 2. The number of unbranched alkanes of at least 4 members (excludes halogenated alkanes) is 6. The number of carbonyl (C=O) groups excluding carboxylic acids is 6. The predicted octanol–water partition coefficient (Wildman–Crippen LogP) is 7.67. The predicted molar refractivity (Wildman–Crippen MR) is 378 cm³/mol. The summed E-state index contributed by atoms with van der Waals surface area (Å²) in [6.07, 6.45) is 1.90. The number of nitrogen functional groups attached to an aromatic ring is 2. The number of nitrogens with two attached hydrogens (primary N) is 2. The fourth-order valence-corrected chi connectivity index (χ4v) is 15.1. The summed E-state index contributed by atoms with van der Waals surface area (Å²) >= 11 is 1.43. The molecule has 3 unspecified atom stereocenters. The van der Waals surface area contributed by atoms with E-state index < -0.39 is 117 Å². The van der Waals surface area contributed by atoms with Crippen LogP contribution in [0.4, 0.5) is 11.8 Å². The Morgan fingerprint density at radius 2 is 1.26 bits per heavy atom. The van der Waals surface area contributed by atoms with Crippen LogP contribution in [0.1, 0.15) is 162 Å². The minimum absolute atomic E-state index is 0.0222. The Balaban J connectivity index is 0.662. The minimum atomic E-state index is -4.74. The largest absolute Gasteiger partial charge is 0.472 e. The molecule has 3 amide bonds. The van der Waals surface area contributed by atoms with Gasteiger partial charge in [-0.25, -0.2) is 23.7 Å². The maximum Gasteiger partial charge on any atom is 0.472 e. The number of ether oxygens (including phenoxy) is 8. The number of fused-ring (bicyclic) bond motifs is 7. The summed E-state index contributed by atoms with van der Waals surface area (Å²) < 4.78 is 99.8. The van der Waals surface area contributed by atoms with E-state index in [-0.39, 0.29) is 126 Å². The van der Waals surface area contributed by atoms with Crippen molar-refractivity contribution in [2.75, 3.05) is 70.5 Å². The number of carbonyl (C=O) groups is 6. The van der Waals surface area contributed by atoms with E-state index in [1.165, 1.54) is 70.8 Å². The zero-order valence-corrected chi connectivity index (χ0v) is 62.0. The molecule has 9 atom stereocenters. The van der Waals surface area contributed by atoms with Crippen LogP contribution in [0.3, 0.4) is 0 Å². The zero-order chi connectivity index (χ0) is 76.0. The average Bonchev–Trinajstić information content (AvgIpc) is 1.53. The molecule has 5 aliphatic heterocycles. The molecule has 0 aliphatic carbocycles. The monoisotopic (exact) mass is 1530 g/mol. The lowest BCUT2D eigenvalue weighted by Gasteiger charge is -2.37. The number of anilines is 2. The van der Waals surface area contributed by atoms with Crippen molar-refractivity contribution < 1.29 is 104 Å². The van der Waals surface area contributed by atoms with Crippen molar-refractivity contribution in [1.82, 2.24) is 39.3 Å². The Morgan fingerprint density at radius 3 is 1.82 bits per heavy atom. The van der Waals surface area contributed by atoms with E-state index in [9.17, 15) is 57.3 Å². The van der Waals surface area contributed by atoms with Gasteiger partial charge >= 0.3 is 39.2 Å². The topological polar surface area (TPSA) is 454 Å². The smallest absolute Gasteiger partial charge is 0.456 e. The van der Waals surface area contributed by atoms with Crippen LogP contribution in [0, 0.1) is 10.8 Å². The molecule has 1 spiro atoms. The van der Waals surface area contributed by atoms with Crippen LogP contribution in [0.5, 0.6) is 23.0 Å². The van der Waals surface area contributed by atoms with E-state index in [2.05, 4.69) is 25.3 Å². The molecule has 6 aromatic rings. The van der Waals surface area contributed by atoms with E-state index in [4.69, 9.17) is 67.5 Å². The molecule has 0 radical (unpaired) electrons. The molecule has 8 N–H and O–H groups in total. The van der Waals surface area contributed by atoms with Gasteiger partial charge < -0.3 is 64.5 Å². The van der Waals surface area contributed by atoms with Crippen molar-refractivity contribution in [2.24, 2.45) is 10.8 Å². The third-order valence-corrected chi connectivity index (χ3v) is 21.3. The number of nitrogens with zero attached hydrogens (tertiary/aromatic N) is 6. The highest BCUT2D eigenvalue weighted by Gasteiger charge is 2.54. The number of thioether (sulfide) groups is 1. The fraction of sp³-hybridized carbons (Fsp3) is 0.522. The Hall–Kier alpha value is -8.28. The van der Waals surface area contributed by atoms with Crippen LogP contribution in [0.25, 0.3) is 11.2 Å². The molecule has 106 heavy (non-hydrogen) atoms. The number of nitrogens with one attached hydrogen (secondary N) is 2. The second-order valence-electron chi connectivity index (χ2n) is 28.0. The Bertz CT molecular complexity index is 4440. The molecule has 34 nitrogen and oxygen atoms in total. The number of H-pyrrole nitrogens is 1. The highest BCUT2D eigenvalue weighted by atomic mass is 32.2. The summed E-state index contributed by atoms with van der Waals surface area (Å²) in [7, 11) is -7.89. The molecule has 3 saturated heterocycles. The van der Waals surface area contributed by atoms with Crippen LogP contribution in [0.2, 0.25) is 0 Å². The third kappa shape index (κ3) is 18.6. The fourth-order valence-electron chi connectivity index (χ4n) is 12.4. The number of phosphoric acid groups is 2. The van der Waals surface area contributed by atoms with E-state index in [1.807, 2.05) is 0 Å². The van der Waals surface area contributed by atoms with E-state index in [0.29, 0.717) is 61.0 Å². The molecule has 11 rings (SSSR count). The minimum Gasteiger partial charge on any atom is -0.456 e. The van der Waals surface area contributed by atoms with Gasteiger partial charge in [0.15, 0.2) is 16.8 Å². The van der Waals surface area contributed by atoms with E-state index >= 15 is 0 Å². The first kappa shape index (κ1) is 78.8. The Kier molecular flexibility index (Phi) is 24.6. The normalized spacial score (nSPS) is 21.5. The number of amides is 3. The van der Waals surface area contributed by atoms with Crippen LogP contribution in [-0.4, -0.2) is 168 Å². The van der Waals surface area contributed by atoms with Gasteiger partial charge in [0.1, 0.15) is 53.5 Å². The molecule has 3 fully saturated rings. The van der Waals surface area contributed by atoms with Crippen molar-refractivity contribution in [1.29, 1.82) is 0 Å². The molecule has 37 heteroatoms. The third-order valence-electron chi connectivity index (χ3n) is 18.1. The number of aromatic nitrogens is 6. The first-order chi connectivity index (χ1) is 50.3. The number of likely N-dealkylation sites (tertiary alicyclic amines) is 1. The average molecular weight is 1530 g/mol. The number of esters is 3. The van der Waals surface area contributed by atoms with Crippen LogP contribution in [-0.2, 0) is 75.7 Å². The quantitative estimate of drug-likeness (QED) is 0.00756. The van der Waals surface area contributed by atoms with Gasteiger partial charge in [-0.3, -0.25) is 65.9 Å². The molecule has 0 saturated carbocycles. The Labute approximate surface area is 612 Å². The van der Waals surface area contributed by atoms with Gasteiger partial charge in [0, 0.05) is 73.4 Å². The van der Waals surface area contributed by atoms with Gasteiger partial charge in [0.25, 0.3) is 11.5 Å². The van der Waals surface area contributed by atoms with Crippen LogP contribution in [0.15, 0.2) is 82.8 Å². The Morgan fingerprint density at radius 1 is 0.698 bits per heavy atom. The van der Waals surface area contributed by atoms with Gasteiger partial charge in [-0.15, -0.1) is 11.8 Å². The number of benzene rings is 3. The maximum absolute atomic E-state index is 13.9. The molecular formula is C69H86N10O24P2S. The van der Waals surface area contributed by atoms with Crippen LogP contribution < -0.4 is 42.2 Å².